The fraction of sp³-hybridized carbons (Fsp3) is 0.600. The smallest absolute Gasteiger partial charge is 0.0229 e. The second kappa shape index (κ2) is 5.65. The summed E-state index contributed by atoms with van der Waals surface area (Å²) in [4.78, 5) is 2.50. The molecule has 0 aliphatic carbocycles. The van der Waals surface area contributed by atoms with Gasteiger partial charge in [-0.2, -0.15) is 0 Å². The van der Waals surface area contributed by atoms with Crippen LogP contribution in [0.15, 0.2) is 18.2 Å². The van der Waals surface area contributed by atoms with Gasteiger partial charge < -0.3 is 10.2 Å². The van der Waals surface area contributed by atoms with E-state index in [0.29, 0.717) is 0 Å². The Morgan fingerprint density at radius 3 is 2.82 bits per heavy atom. The Morgan fingerprint density at radius 1 is 1.35 bits per heavy atom. The van der Waals surface area contributed by atoms with Crippen molar-refractivity contribution in [1.82, 2.24) is 10.2 Å². The molecule has 0 bridgehead atoms. The molecule has 1 saturated heterocycles. The van der Waals surface area contributed by atoms with Crippen molar-refractivity contribution in [2.75, 3.05) is 26.7 Å². The Balaban J connectivity index is 1.88. The van der Waals surface area contributed by atoms with Crippen LogP contribution in [0.5, 0.6) is 0 Å². The first kappa shape index (κ1) is 12.6. The molecular formula is C15H24N2. The molecule has 0 radical (unpaired) electrons. The van der Waals surface area contributed by atoms with E-state index in [2.05, 4.69) is 49.3 Å². The fourth-order valence-corrected chi connectivity index (χ4v) is 2.62. The maximum Gasteiger partial charge on any atom is 0.0229 e. The highest BCUT2D eigenvalue weighted by atomic mass is 15.2. The molecule has 1 unspecified atom stereocenters. The van der Waals surface area contributed by atoms with Gasteiger partial charge in [-0.05, 0) is 51.4 Å². The zero-order chi connectivity index (χ0) is 12.3. The lowest BCUT2D eigenvalue weighted by atomic mass is 10.0. The molecule has 2 rings (SSSR count). The molecule has 0 spiro atoms. The van der Waals surface area contributed by atoms with Crippen LogP contribution in [-0.2, 0) is 6.42 Å². The number of nitrogens with one attached hydrogen (secondary N) is 1. The summed E-state index contributed by atoms with van der Waals surface area (Å²) in [5, 5.41) is 3.43. The standard InChI is InChI=1S/C15H24N2/c1-12-4-5-14(13(2)10-12)7-9-17(3)15-6-8-16-11-15/h4-5,10,15-16H,6-9,11H2,1-3H3. The zero-order valence-electron chi connectivity index (χ0n) is 11.3. The van der Waals surface area contributed by atoms with Crippen molar-refractivity contribution < 1.29 is 0 Å². The molecule has 2 nitrogen and oxygen atoms in total. The molecule has 0 saturated carbocycles. The highest BCUT2D eigenvalue weighted by molar-refractivity contribution is 5.30. The maximum atomic E-state index is 3.43. The number of rotatable bonds is 4. The molecule has 1 fully saturated rings. The van der Waals surface area contributed by atoms with Crippen molar-refractivity contribution in [1.29, 1.82) is 0 Å². The lowest BCUT2D eigenvalue weighted by Crippen LogP contribution is -2.34. The number of hydrogen-bond donors (Lipinski definition) is 1. The van der Waals surface area contributed by atoms with Crippen molar-refractivity contribution in [2.45, 2.75) is 32.7 Å². The molecule has 1 aliphatic heterocycles. The summed E-state index contributed by atoms with van der Waals surface area (Å²) in [6.45, 7) is 7.88. The van der Waals surface area contributed by atoms with E-state index in [4.69, 9.17) is 0 Å². The fourth-order valence-electron chi connectivity index (χ4n) is 2.62. The quantitative estimate of drug-likeness (QED) is 0.855. The van der Waals surface area contributed by atoms with Gasteiger partial charge >= 0.3 is 0 Å². The minimum Gasteiger partial charge on any atom is -0.315 e. The Morgan fingerprint density at radius 2 is 2.18 bits per heavy atom. The van der Waals surface area contributed by atoms with E-state index < -0.39 is 0 Å². The van der Waals surface area contributed by atoms with Gasteiger partial charge in [-0.3, -0.25) is 0 Å². The zero-order valence-corrected chi connectivity index (χ0v) is 11.3. The molecule has 0 aromatic heterocycles. The van der Waals surface area contributed by atoms with Crippen molar-refractivity contribution in [2.24, 2.45) is 0 Å². The molecule has 0 amide bonds. The molecular weight excluding hydrogens is 208 g/mol. The Labute approximate surface area is 105 Å². The Kier molecular flexibility index (Phi) is 4.19. The van der Waals surface area contributed by atoms with E-state index in [-0.39, 0.29) is 0 Å². The molecule has 1 N–H and O–H groups in total. The van der Waals surface area contributed by atoms with Crippen molar-refractivity contribution in [3.8, 4) is 0 Å². The van der Waals surface area contributed by atoms with Gasteiger partial charge in [0.25, 0.3) is 0 Å². The lowest BCUT2D eigenvalue weighted by molar-refractivity contribution is 0.260. The largest absolute Gasteiger partial charge is 0.315 e. The van der Waals surface area contributed by atoms with Gasteiger partial charge in [0.15, 0.2) is 0 Å². The van der Waals surface area contributed by atoms with Crippen LogP contribution in [0.4, 0.5) is 0 Å². The normalized spacial score (nSPS) is 20.1. The van der Waals surface area contributed by atoms with E-state index in [1.54, 1.807) is 0 Å². The minimum absolute atomic E-state index is 0.737. The number of hydrogen-bond acceptors (Lipinski definition) is 2. The second-order valence-corrected chi connectivity index (χ2v) is 5.31. The summed E-state index contributed by atoms with van der Waals surface area (Å²) in [7, 11) is 2.25. The second-order valence-electron chi connectivity index (χ2n) is 5.31. The monoisotopic (exact) mass is 232 g/mol. The van der Waals surface area contributed by atoms with E-state index in [1.165, 1.54) is 36.1 Å². The van der Waals surface area contributed by atoms with Crippen molar-refractivity contribution in [3.05, 3.63) is 34.9 Å². The summed E-state index contributed by atoms with van der Waals surface area (Å²) >= 11 is 0. The predicted molar refractivity (Wildman–Crippen MR) is 73.5 cm³/mol. The molecule has 17 heavy (non-hydrogen) atoms. The van der Waals surface area contributed by atoms with Crippen LogP contribution >= 0.6 is 0 Å². The first-order valence-corrected chi connectivity index (χ1v) is 6.64. The summed E-state index contributed by atoms with van der Waals surface area (Å²) in [6.07, 6.45) is 2.46. The molecule has 1 heterocycles. The number of benzene rings is 1. The van der Waals surface area contributed by atoms with Crippen LogP contribution in [0.3, 0.4) is 0 Å². The first-order chi connectivity index (χ1) is 8.16. The van der Waals surface area contributed by atoms with Crippen LogP contribution in [0.25, 0.3) is 0 Å². The average Bonchev–Trinajstić information content (AvgIpc) is 2.81. The molecule has 1 aromatic carbocycles. The highest BCUT2D eigenvalue weighted by Crippen LogP contribution is 2.13. The van der Waals surface area contributed by atoms with Crippen molar-refractivity contribution in [3.63, 3.8) is 0 Å². The number of nitrogens with zero attached hydrogens (tertiary/aromatic N) is 1. The third kappa shape index (κ3) is 3.30. The average molecular weight is 232 g/mol. The Bertz CT molecular complexity index is 367. The molecule has 2 heteroatoms. The summed E-state index contributed by atoms with van der Waals surface area (Å²) in [5.41, 5.74) is 4.29. The third-order valence-electron chi connectivity index (χ3n) is 3.89. The summed E-state index contributed by atoms with van der Waals surface area (Å²) in [5.74, 6) is 0. The van der Waals surface area contributed by atoms with Crippen LogP contribution in [-0.4, -0.2) is 37.6 Å². The molecule has 1 atom stereocenters. The van der Waals surface area contributed by atoms with Gasteiger partial charge in [0.2, 0.25) is 0 Å². The Hall–Kier alpha value is -0.860. The number of aryl methyl sites for hydroxylation is 2. The van der Waals surface area contributed by atoms with Gasteiger partial charge in [0, 0.05) is 19.1 Å². The van der Waals surface area contributed by atoms with Crippen LogP contribution < -0.4 is 5.32 Å². The van der Waals surface area contributed by atoms with E-state index >= 15 is 0 Å². The third-order valence-corrected chi connectivity index (χ3v) is 3.89. The van der Waals surface area contributed by atoms with Crippen LogP contribution in [0, 0.1) is 13.8 Å². The number of likely N-dealkylation sites (N-methyl/N-ethyl adjacent to an activating group) is 1. The summed E-state index contributed by atoms with van der Waals surface area (Å²) < 4.78 is 0. The van der Waals surface area contributed by atoms with E-state index in [9.17, 15) is 0 Å². The minimum atomic E-state index is 0.737. The first-order valence-electron chi connectivity index (χ1n) is 6.64. The van der Waals surface area contributed by atoms with Gasteiger partial charge in [-0.1, -0.05) is 23.8 Å². The van der Waals surface area contributed by atoms with E-state index in [1.807, 2.05) is 0 Å². The highest BCUT2D eigenvalue weighted by Gasteiger charge is 2.18. The van der Waals surface area contributed by atoms with Gasteiger partial charge in [0.05, 0.1) is 0 Å². The van der Waals surface area contributed by atoms with Crippen molar-refractivity contribution >= 4 is 0 Å². The topological polar surface area (TPSA) is 15.3 Å². The van der Waals surface area contributed by atoms with Gasteiger partial charge in [0.1, 0.15) is 0 Å². The van der Waals surface area contributed by atoms with Crippen LogP contribution in [0.2, 0.25) is 0 Å². The molecule has 1 aliphatic rings. The summed E-state index contributed by atoms with van der Waals surface area (Å²) in [6, 6.07) is 7.53. The van der Waals surface area contributed by atoms with Gasteiger partial charge in [-0.25, -0.2) is 0 Å². The maximum absolute atomic E-state index is 3.43. The molecule has 94 valence electrons. The lowest BCUT2D eigenvalue weighted by Gasteiger charge is -2.23. The van der Waals surface area contributed by atoms with E-state index in [0.717, 1.165) is 19.1 Å². The SMILES string of the molecule is Cc1ccc(CCN(C)C2CCNC2)c(C)c1. The molecule has 1 aromatic rings. The van der Waals surface area contributed by atoms with Crippen LogP contribution in [0.1, 0.15) is 23.1 Å². The van der Waals surface area contributed by atoms with Gasteiger partial charge in [-0.15, -0.1) is 0 Å². The predicted octanol–water partition coefficient (Wildman–Crippen LogP) is 2.14.